The van der Waals surface area contributed by atoms with Gasteiger partial charge in [0.1, 0.15) is 0 Å². The van der Waals surface area contributed by atoms with Gasteiger partial charge in [0.25, 0.3) is 0 Å². The third kappa shape index (κ3) is 2.07. The molecule has 3 rings (SSSR count). The van der Waals surface area contributed by atoms with Crippen molar-refractivity contribution in [1.82, 2.24) is 10.3 Å². The summed E-state index contributed by atoms with van der Waals surface area (Å²) in [5.74, 6) is -0.425. The molecule has 1 aliphatic heterocycles. The van der Waals surface area contributed by atoms with Crippen LogP contribution < -0.4 is 16.8 Å². The summed E-state index contributed by atoms with van der Waals surface area (Å²) in [6.07, 6.45) is 3.54. The van der Waals surface area contributed by atoms with E-state index in [2.05, 4.69) is 10.3 Å². The summed E-state index contributed by atoms with van der Waals surface area (Å²) < 4.78 is 4.98. The van der Waals surface area contributed by atoms with Crippen LogP contribution in [-0.2, 0) is 0 Å². The molecule has 1 fully saturated rings. The van der Waals surface area contributed by atoms with Crippen LogP contribution in [0.5, 0.6) is 0 Å². The fraction of sp³-hybridized carbons (Fsp3) is 0.462. The zero-order valence-electron chi connectivity index (χ0n) is 10.1. The fourth-order valence-corrected chi connectivity index (χ4v) is 2.59. The van der Waals surface area contributed by atoms with Gasteiger partial charge >= 0.3 is 5.76 Å². The SMILES string of the molecule is NC(c1ccc2oc(=O)[nH]c2c1)C1CCCCN1. The van der Waals surface area contributed by atoms with Crippen LogP contribution in [0.15, 0.2) is 27.4 Å². The van der Waals surface area contributed by atoms with E-state index in [1.54, 1.807) is 6.07 Å². The minimum Gasteiger partial charge on any atom is -0.408 e. The molecule has 4 N–H and O–H groups in total. The minimum atomic E-state index is -0.425. The normalized spacial score (nSPS) is 22.2. The van der Waals surface area contributed by atoms with Crippen molar-refractivity contribution in [2.75, 3.05) is 6.54 Å². The van der Waals surface area contributed by atoms with E-state index >= 15 is 0 Å². The van der Waals surface area contributed by atoms with Gasteiger partial charge in [0.2, 0.25) is 0 Å². The summed E-state index contributed by atoms with van der Waals surface area (Å²) in [6.45, 7) is 1.03. The summed E-state index contributed by atoms with van der Waals surface area (Å²) in [4.78, 5) is 13.8. The van der Waals surface area contributed by atoms with Crippen LogP contribution in [-0.4, -0.2) is 17.6 Å². The predicted octanol–water partition coefficient (Wildman–Crippen LogP) is 1.26. The number of rotatable bonds is 2. The fourth-order valence-electron chi connectivity index (χ4n) is 2.59. The van der Waals surface area contributed by atoms with E-state index in [4.69, 9.17) is 10.2 Å². The Morgan fingerprint density at radius 3 is 3.06 bits per heavy atom. The lowest BCUT2D eigenvalue weighted by molar-refractivity contribution is 0.354. The molecule has 0 spiro atoms. The number of piperidine rings is 1. The van der Waals surface area contributed by atoms with Crippen molar-refractivity contribution in [1.29, 1.82) is 0 Å². The van der Waals surface area contributed by atoms with Crippen LogP contribution in [0.4, 0.5) is 0 Å². The van der Waals surface area contributed by atoms with E-state index in [0.29, 0.717) is 17.1 Å². The number of aromatic amines is 1. The molecule has 2 aromatic rings. The van der Waals surface area contributed by atoms with Gasteiger partial charge in [-0.1, -0.05) is 12.5 Å². The lowest BCUT2D eigenvalue weighted by Crippen LogP contribution is -2.42. The highest BCUT2D eigenvalue weighted by molar-refractivity contribution is 5.72. The van der Waals surface area contributed by atoms with Crippen LogP contribution in [0, 0.1) is 0 Å². The first kappa shape index (κ1) is 11.5. The Morgan fingerprint density at radius 2 is 2.28 bits per heavy atom. The third-order valence-corrected chi connectivity index (χ3v) is 3.61. The number of nitrogens with two attached hydrogens (primary N) is 1. The number of benzene rings is 1. The molecule has 0 bridgehead atoms. The first-order valence-electron chi connectivity index (χ1n) is 6.36. The van der Waals surface area contributed by atoms with Crippen molar-refractivity contribution in [3.8, 4) is 0 Å². The van der Waals surface area contributed by atoms with Crippen LogP contribution in [0.25, 0.3) is 11.1 Å². The van der Waals surface area contributed by atoms with Crippen LogP contribution in [0.2, 0.25) is 0 Å². The minimum absolute atomic E-state index is 0.0481. The van der Waals surface area contributed by atoms with Gasteiger partial charge in [0.05, 0.1) is 5.52 Å². The summed E-state index contributed by atoms with van der Waals surface area (Å²) in [5.41, 5.74) is 8.60. The van der Waals surface area contributed by atoms with Crippen LogP contribution >= 0.6 is 0 Å². The number of fused-ring (bicyclic) bond motifs is 1. The molecule has 0 aliphatic carbocycles. The van der Waals surface area contributed by atoms with Crippen molar-refractivity contribution < 1.29 is 4.42 Å². The molecule has 5 nitrogen and oxygen atoms in total. The maximum Gasteiger partial charge on any atom is 0.417 e. The number of hydrogen-bond donors (Lipinski definition) is 3. The topological polar surface area (TPSA) is 84.0 Å². The van der Waals surface area contributed by atoms with Gasteiger partial charge in [0, 0.05) is 12.1 Å². The number of hydrogen-bond acceptors (Lipinski definition) is 4. The van der Waals surface area contributed by atoms with E-state index in [9.17, 15) is 4.79 Å². The highest BCUT2D eigenvalue weighted by Gasteiger charge is 2.21. The zero-order chi connectivity index (χ0) is 12.5. The first-order chi connectivity index (χ1) is 8.74. The Kier molecular flexibility index (Phi) is 2.93. The standard InChI is InChI=1S/C13H17N3O2/c14-12(9-3-1-2-6-15-9)8-4-5-11-10(7-8)16-13(17)18-11/h4-5,7,9,12,15H,1-3,6,14H2,(H,16,17). The number of aromatic nitrogens is 1. The first-order valence-corrected chi connectivity index (χ1v) is 6.36. The number of oxazole rings is 1. The van der Waals surface area contributed by atoms with Crippen molar-refractivity contribution in [2.45, 2.75) is 31.3 Å². The van der Waals surface area contributed by atoms with Gasteiger partial charge in [-0.25, -0.2) is 4.79 Å². The molecule has 1 aliphatic rings. The summed E-state index contributed by atoms with van der Waals surface area (Å²) in [5, 5.41) is 3.45. The Bertz CT molecular complexity index is 596. The molecule has 2 heterocycles. The molecule has 1 aromatic carbocycles. The maximum atomic E-state index is 11.1. The van der Waals surface area contributed by atoms with Gasteiger partial charge in [-0.05, 0) is 37.1 Å². The van der Waals surface area contributed by atoms with E-state index < -0.39 is 5.76 Å². The second kappa shape index (κ2) is 4.59. The molecule has 0 saturated carbocycles. The second-order valence-corrected chi connectivity index (χ2v) is 4.85. The molecule has 5 heteroatoms. The number of nitrogens with one attached hydrogen (secondary N) is 2. The summed E-state index contributed by atoms with van der Waals surface area (Å²) in [6, 6.07) is 5.90. The van der Waals surface area contributed by atoms with Gasteiger partial charge in [-0.3, -0.25) is 4.98 Å². The Morgan fingerprint density at radius 1 is 1.39 bits per heavy atom. The third-order valence-electron chi connectivity index (χ3n) is 3.61. The highest BCUT2D eigenvalue weighted by Crippen LogP contribution is 2.23. The molecule has 2 atom stereocenters. The molecular weight excluding hydrogens is 230 g/mol. The van der Waals surface area contributed by atoms with Crippen LogP contribution in [0.1, 0.15) is 30.9 Å². The van der Waals surface area contributed by atoms with Gasteiger partial charge in [-0.2, -0.15) is 0 Å². The van der Waals surface area contributed by atoms with E-state index in [1.807, 2.05) is 12.1 Å². The largest absolute Gasteiger partial charge is 0.417 e. The monoisotopic (exact) mass is 247 g/mol. The highest BCUT2D eigenvalue weighted by atomic mass is 16.4. The smallest absolute Gasteiger partial charge is 0.408 e. The molecule has 1 aromatic heterocycles. The average molecular weight is 247 g/mol. The van der Waals surface area contributed by atoms with Crippen LogP contribution in [0.3, 0.4) is 0 Å². The number of H-pyrrole nitrogens is 1. The van der Waals surface area contributed by atoms with E-state index in [1.165, 1.54) is 12.8 Å². The van der Waals surface area contributed by atoms with Gasteiger partial charge in [0.15, 0.2) is 5.58 Å². The molecule has 2 unspecified atom stereocenters. The second-order valence-electron chi connectivity index (χ2n) is 4.85. The van der Waals surface area contributed by atoms with Crippen molar-refractivity contribution >= 4 is 11.1 Å². The summed E-state index contributed by atoms with van der Waals surface area (Å²) >= 11 is 0. The molecule has 18 heavy (non-hydrogen) atoms. The lowest BCUT2D eigenvalue weighted by atomic mass is 9.93. The van der Waals surface area contributed by atoms with Gasteiger partial charge in [-0.15, -0.1) is 0 Å². The molecule has 1 saturated heterocycles. The lowest BCUT2D eigenvalue weighted by Gasteiger charge is -2.29. The zero-order valence-corrected chi connectivity index (χ0v) is 10.1. The predicted molar refractivity (Wildman–Crippen MR) is 69.4 cm³/mol. The quantitative estimate of drug-likeness (QED) is 0.746. The summed E-state index contributed by atoms with van der Waals surface area (Å²) in [7, 11) is 0. The van der Waals surface area contributed by atoms with Crippen molar-refractivity contribution in [3.63, 3.8) is 0 Å². The Hall–Kier alpha value is -1.59. The van der Waals surface area contributed by atoms with Crippen molar-refractivity contribution in [2.24, 2.45) is 5.73 Å². The Labute approximate surface area is 104 Å². The molecular formula is C13H17N3O2. The molecule has 96 valence electrons. The van der Waals surface area contributed by atoms with E-state index in [-0.39, 0.29) is 6.04 Å². The van der Waals surface area contributed by atoms with Gasteiger partial charge < -0.3 is 15.5 Å². The van der Waals surface area contributed by atoms with E-state index in [0.717, 1.165) is 18.5 Å². The maximum absolute atomic E-state index is 11.1. The molecule has 0 amide bonds. The van der Waals surface area contributed by atoms with Crippen molar-refractivity contribution in [3.05, 3.63) is 34.3 Å². The molecule has 0 radical (unpaired) electrons. The average Bonchev–Trinajstić information content (AvgIpc) is 2.78. The Balaban J connectivity index is 1.90.